The van der Waals surface area contributed by atoms with Gasteiger partial charge in [0.05, 0.1) is 0 Å². The SMILES string of the molecule is C[I-]C(C)(C(C)(C)C)C(C)(C)C(F)(F)F. The Kier molecular flexibility index (Phi) is 4.22. The van der Waals surface area contributed by atoms with E-state index >= 15 is 0 Å². The number of hydrogen-bond donors (Lipinski definition) is 0. The Morgan fingerprint density at radius 3 is 1.20 bits per heavy atom. The Bertz CT molecular complexity index is 225. The van der Waals surface area contributed by atoms with E-state index in [1.807, 2.05) is 25.7 Å². The van der Waals surface area contributed by atoms with Gasteiger partial charge in [0.15, 0.2) is 0 Å². The monoisotopic (exact) mass is 337 g/mol. The summed E-state index contributed by atoms with van der Waals surface area (Å²) in [5.41, 5.74) is -1.95. The zero-order valence-corrected chi connectivity index (χ0v) is 12.7. The summed E-state index contributed by atoms with van der Waals surface area (Å²) in [6.07, 6.45) is -4.13. The van der Waals surface area contributed by atoms with Crippen LogP contribution in [0.2, 0.25) is 0 Å². The summed E-state index contributed by atoms with van der Waals surface area (Å²) < 4.78 is 38.5. The van der Waals surface area contributed by atoms with Crippen LogP contribution in [0.5, 0.6) is 0 Å². The van der Waals surface area contributed by atoms with Gasteiger partial charge in [-0.15, -0.1) is 0 Å². The molecule has 15 heavy (non-hydrogen) atoms. The van der Waals surface area contributed by atoms with Crippen molar-refractivity contribution in [1.29, 1.82) is 0 Å². The third-order valence-electron chi connectivity index (χ3n) is 3.67. The molecule has 0 aromatic rings. The average Bonchev–Trinajstić information content (AvgIpc) is 1.98. The molecule has 0 nitrogen and oxygen atoms in total. The second-order valence-corrected chi connectivity index (χ2v) is 8.80. The van der Waals surface area contributed by atoms with Gasteiger partial charge in [0, 0.05) is 0 Å². The van der Waals surface area contributed by atoms with Gasteiger partial charge in [0.2, 0.25) is 0 Å². The molecular weight excluding hydrogens is 316 g/mol. The molecule has 0 N–H and O–H groups in total. The van der Waals surface area contributed by atoms with E-state index < -0.39 is 36.2 Å². The molecule has 0 saturated carbocycles. The normalized spacial score (nSPS) is 19.1. The number of alkyl halides is 5. The fraction of sp³-hybridized carbons (Fsp3) is 1.00. The topological polar surface area (TPSA) is 0 Å². The van der Waals surface area contributed by atoms with Crippen molar-refractivity contribution < 1.29 is 34.4 Å². The molecule has 0 aromatic heterocycles. The Balaban J connectivity index is 5.50. The zero-order valence-electron chi connectivity index (χ0n) is 10.5. The minimum atomic E-state index is -4.13. The van der Waals surface area contributed by atoms with Gasteiger partial charge in [-0.2, -0.15) is 0 Å². The molecule has 0 radical (unpaired) electrons. The van der Waals surface area contributed by atoms with E-state index in [0.717, 1.165) is 0 Å². The zero-order chi connectivity index (χ0) is 12.7. The summed E-state index contributed by atoms with van der Waals surface area (Å²) in [4.78, 5) is 1.94. The average molecular weight is 337 g/mol. The molecule has 0 bridgehead atoms. The van der Waals surface area contributed by atoms with Crippen LogP contribution in [0, 0.1) is 10.8 Å². The maximum atomic E-state index is 13.1. The summed E-state index contributed by atoms with van der Waals surface area (Å²) in [7, 11) is 0. The molecule has 4 heteroatoms. The van der Waals surface area contributed by atoms with E-state index in [9.17, 15) is 13.2 Å². The number of hydrogen-bond acceptors (Lipinski definition) is 0. The Labute approximate surface area is 101 Å². The summed E-state index contributed by atoms with van der Waals surface area (Å²) in [6, 6.07) is 0. The molecule has 0 aliphatic rings. The Morgan fingerprint density at radius 2 is 1.13 bits per heavy atom. The van der Waals surface area contributed by atoms with Crippen molar-refractivity contribution in [1.82, 2.24) is 0 Å². The molecular formula is C11H21F3I-. The summed E-state index contributed by atoms with van der Waals surface area (Å²) >= 11 is -0.508. The molecule has 1 unspecified atom stereocenters. The van der Waals surface area contributed by atoms with E-state index in [2.05, 4.69) is 0 Å². The van der Waals surface area contributed by atoms with Gasteiger partial charge in [-0.3, -0.25) is 0 Å². The van der Waals surface area contributed by atoms with Crippen LogP contribution >= 0.6 is 0 Å². The van der Waals surface area contributed by atoms with Gasteiger partial charge < -0.3 is 0 Å². The van der Waals surface area contributed by atoms with Crippen LogP contribution in [0.15, 0.2) is 0 Å². The van der Waals surface area contributed by atoms with Crippen molar-refractivity contribution in [2.24, 2.45) is 10.8 Å². The number of halogens is 4. The molecule has 0 heterocycles. The van der Waals surface area contributed by atoms with Gasteiger partial charge in [0.25, 0.3) is 0 Å². The summed E-state index contributed by atoms with van der Waals surface area (Å²) in [5.74, 6) is 0. The molecule has 0 fully saturated rings. The Hall–Kier alpha value is 0.520. The van der Waals surface area contributed by atoms with Crippen LogP contribution in [0.4, 0.5) is 13.2 Å². The standard InChI is InChI=1S/C11H21F3I/c1-8(2,3)10(6,15-7)9(4,5)11(12,13)14/h1-7H3/q-1. The molecule has 1 atom stereocenters. The van der Waals surface area contributed by atoms with Crippen LogP contribution in [0.3, 0.4) is 0 Å². The van der Waals surface area contributed by atoms with Gasteiger partial charge in [-0.05, 0) is 0 Å². The van der Waals surface area contributed by atoms with E-state index in [1.165, 1.54) is 13.8 Å². The first kappa shape index (κ1) is 15.5. The van der Waals surface area contributed by atoms with Crippen molar-refractivity contribution in [2.45, 2.75) is 51.1 Å². The predicted molar refractivity (Wildman–Crippen MR) is 53.6 cm³/mol. The third kappa shape index (κ3) is 2.44. The van der Waals surface area contributed by atoms with Crippen molar-refractivity contribution in [2.75, 3.05) is 4.93 Å². The van der Waals surface area contributed by atoms with E-state index in [-0.39, 0.29) is 5.41 Å². The first-order chi connectivity index (χ1) is 6.31. The first-order valence-corrected chi connectivity index (χ1v) is 8.12. The van der Waals surface area contributed by atoms with Crippen LogP contribution in [0.1, 0.15) is 41.5 Å². The summed E-state index contributed by atoms with van der Waals surface area (Å²) in [6.45, 7) is 10.2. The first-order valence-electron chi connectivity index (χ1n) is 4.88. The quantitative estimate of drug-likeness (QED) is 0.523. The van der Waals surface area contributed by atoms with Crippen molar-refractivity contribution in [3.63, 3.8) is 0 Å². The van der Waals surface area contributed by atoms with Gasteiger partial charge in [0.1, 0.15) is 0 Å². The molecule has 0 rings (SSSR count). The van der Waals surface area contributed by atoms with E-state index in [1.54, 1.807) is 6.92 Å². The minimum absolute atomic E-state index is 0.325. The number of rotatable bonds is 2. The molecule has 0 aliphatic heterocycles. The van der Waals surface area contributed by atoms with Gasteiger partial charge in [-0.25, -0.2) is 0 Å². The molecule has 0 amide bonds. The van der Waals surface area contributed by atoms with Crippen molar-refractivity contribution >= 4 is 0 Å². The van der Waals surface area contributed by atoms with Gasteiger partial charge >= 0.3 is 101 Å². The van der Waals surface area contributed by atoms with Crippen molar-refractivity contribution in [3.8, 4) is 0 Å². The maximum absolute atomic E-state index is 13.1. The second kappa shape index (κ2) is 4.08. The van der Waals surface area contributed by atoms with Crippen LogP contribution < -0.4 is 21.2 Å². The van der Waals surface area contributed by atoms with Crippen molar-refractivity contribution in [3.05, 3.63) is 0 Å². The molecule has 0 saturated heterocycles. The molecule has 0 aliphatic carbocycles. The van der Waals surface area contributed by atoms with E-state index in [0.29, 0.717) is 0 Å². The predicted octanol–water partition coefficient (Wildman–Crippen LogP) is 1.10. The Morgan fingerprint density at radius 1 is 0.800 bits per heavy atom. The van der Waals surface area contributed by atoms with E-state index in [4.69, 9.17) is 0 Å². The second-order valence-electron chi connectivity index (χ2n) is 5.56. The van der Waals surface area contributed by atoms with Crippen LogP contribution in [0.25, 0.3) is 0 Å². The fourth-order valence-corrected chi connectivity index (χ4v) is 5.00. The van der Waals surface area contributed by atoms with Gasteiger partial charge in [-0.1, -0.05) is 0 Å². The van der Waals surface area contributed by atoms with Crippen LogP contribution in [-0.2, 0) is 0 Å². The summed E-state index contributed by atoms with van der Waals surface area (Å²) in [5, 5.41) is 0. The van der Waals surface area contributed by atoms with Crippen LogP contribution in [-0.4, -0.2) is 14.5 Å². The fourth-order valence-electron chi connectivity index (χ4n) is 1.72. The molecule has 0 aromatic carbocycles. The molecule has 94 valence electrons. The third-order valence-corrected chi connectivity index (χ3v) is 8.79. The molecule has 0 spiro atoms.